The smallest absolute Gasteiger partial charge is 0.339 e. The zero-order chi connectivity index (χ0) is 23.4. The molecule has 5 heteroatoms. The first kappa shape index (κ1) is 22.9. The molecule has 1 heterocycles. The van der Waals surface area contributed by atoms with Gasteiger partial charge in [-0.3, -0.25) is 4.79 Å². The van der Waals surface area contributed by atoms with Gasteiger partial charge in [0.2, 0.25) is 5.78 Å². The van der Waals surface area contributed by atoms with E-state index in [1.807, 2.05) is 62.4 Å². The first-order chi connectivity index (χ1) is 16.0. The minimum absolute atomic E-state index is 0.190. The summed E-state index contributed by atoms with van der Waals surface area (Å²) in [6, 6.07) is 24.3. The van der Waals surface area contributed by atoms with Crippen LogP contribution in [0, 0.1) is 6.92 Å². The molecule has 3 aromatic carbocycles. The fourth-order valence-corrected chi connectivity index (χ4v) is 4.44. The predicted octanol–water partition coefficient (Wildman–Crippen LogP) is 7.18. The lowest BCUT2D eigenvalue weighted by atomic mass is 10.0. The molecular formula is C28H24BrNO3. The van der Waals surface area contributed by atoms with Crippen LogP contribution in [0.4, 0.5) is 0 Å². The number of pyridine rings is 1. The number of esters is 1. The number of aromatic nitrogens is 1. The van der Waals surface area contributed by atoms with E-state index in [-0.39, 0.29) is 5.78 Å². The number of rotatable bonds is 7. The quantitative estimate of drug-likeness (QED) is 0.198. The van der Waals surface area contributed by atoms with E-state index in [0.29, 0.717) is 35.0 Å². The van der Waals surface area contributed by atoms with Crippen LogP contribution in [0.5, 0.6) is 0 Å². The molecule has 1 unspecified atom stereocenters. The van der Waals surface area contributed by atoms with Gasteiger partial charge in [-0.05, 0) is 37.1 Å². The molecule has 4 aromatic rings. The van der Waals surface area contributed by atoms with Crippen LogP contribution in [0.1, 0.15) is 46.0 Å². The molecule has 0 aliphatic carbocycles. The summed E-state index contributed by atoms with van der Waals surface area (Å²) in [6.07, 6.45) is 0.325. The normalized spacial score (nSPS) is 11.8. The molecule has 0 fully saturated rings. The highest BCUT2D eigenvalue weighted by atomic mass is 79.9. The van der Waals surface area contributed by atoms with Gasteiger partial charge in [-0.1, -0.05) is 89.9 Å². The number of hydrogen-bond acceptors (Lipinski definition) is 4. The summed E-state index contributed by atoms with van der Waals surface area (Å²) in [6.45, 7) is 3.93. The zero-order valence-electron chi connectivity index (χ0n) is 18.5. The van der Waals surface area contributed by atoms with Gasteiger partial charge in [-0.15, -0.1) is 0 Å². The molecule has 0 spiro atoms. The number of benzene rings is 3. The summed E-state index contributed by atoms with van der Waals surface area (Å²) in [4.78, 5) is 31.4. The molecule has 0 aliphatic heterocycles. The Balaban J connectivity index is 1.78. The standard InChI is InChI=1S/C28H24BrNO3/c1-3-10-25(27(31)20-13-8-5-9-14-20)33-28(32)23-17-24(19-11-6-4-7-12-19)30-26-18(2)15-21(29)16-22(23)26/h4-9,11-17,25H,3,10H2,1-2H3. The van der Waals surface area contributed by atoms with Crippen LogP contribution in [0.3, 0.4) is 0 Å². The maximum atomic E-state index is 13.5. The summed E-state index contributed by atoms with van der Waals surface area (Å²) >= 11 is 3.53. The topological polar surface area (TPSA) is 56.3 Å². The predicted molar refractivity (Wildman–Crippen MR) is 134 cm³/mol. The van der Waals surface area contributed by atoms with Gasteiger partial charge in [0.25, 0.3) is 0 Å². The first-order valence-electron chi connectivity index (χ1n) is 10.9. The summed E-state index contributed by atoms with van der Waals surface area (Å²) in [5, 5.41) is 0.689. The average Bonchev–Trinajstić information content (AvgIpc) is 2.84. The Morgan fingerprint density at radius 1 is 0.970 bits per heavy atom. The van der Waals surface area contributed by atoms with E-state index < -0.39 is 12.1 Å². The third-order valence-corrected chi connectivity index (χ3v) is 5.97. The van der Waals surface area contributed by atoms with Gasteiger partial charge < -0.3 is 4.74 Å². The number of ketones is 1. The van der Waals surface area contributed by atoms with E-state index in [1.54, 1.807) is 30.3 Å². The Hall–Kier alpha value is -3.31. The van der Waals surface area contributed by atoms with Crippen LogP contribution >= 0.6 is 15.9 Å². The monoisotopic (exact) mass is 501 g/mol. The molecule has 0 saturated carbocycles. The van der Waals surface area contributed by atoms with Gasteiger partial charge in [0.15, 0.2) is 6.10 Å². The fraction of sp³-hybridized carbons (Fsp3) is 0.179. The van der Waals surface area contributed by atoms with Crippen molar-refractivity contribution in [3.8, 4) is 11.3 Å². The van der Waals surface area contributed by atoms with E-state index in [1.165, 1.54) is 0 Å². The number of hydrogen-bond donors (Lipinski definition) is 0. The number of carbonyl (C=O) groups is 2. The van der Waals surface area contributed by atoms with E-state index in [0.717, 1.165) is 21.1 Å². The van der Waals surface area contributed by atoms with Crippen LogP contribution < -0.4 is 0 Å². The van der Waals surface area contributed by atoms with Gasteiger partial charge in [0.05, 0.1) is 16.8 Å². The van der Waals surface area contributed by atoms with E-state index in [2.05, 4.69) is 15.9 Å². The van der Waals surface area contributed by atoms with Crippen molar-refractivity contribution in [3.05, 3.63) is 100 Å². The van der Waals surface area contributed by atoms with Gasteiger partial charge in [0.1, 0.15) is 0 Å². The summed E-state index contributed by atoms with van der Waals surface area (Å²) in [5.41, 5.74) is 4.19. The van der Waals surface area contributed by atoms with Gasteiger partial charge >= 0.3 is 5.97 Å². The number of ether oxygens (including phenoxy) is 1. The lowest BCUT2D eigenvalue weighted by Gasteiger charge is -2.18. The molecule has 33 heavy (non-hydrogen) atoms. The number of fused-ring (bicyclic) bond motifs is 1. The maximum Gasteiger partial charge on any atom is 0.339 e. The third kappa shape index (κ3) is 5.04. The zero-order valence-corrected chi connectivity index (χ0v) is 20.1. The minimum atomic E-state index is -0.846. The van der Waals surface area contributed by atoms with Crippen molar-refractivity contribution in [2.24, 2.45) is 0 Å². The minimum Gasteiger partial charge on any atom is -0.450 e. The summed E-state index contributed by atoms with van der Waals surface area (Å²) < 4.78 is 6.69. The number of halogens is 1. The molecule has 0 saturated heterocycles. The molecule has 0 bridgehead atoms. The molecule has 0 amide bonds. The largest absolute Gasteiger partial charge is 0.450 e. The number of nitrogens with zero attached hydrogens (tertiary/aromatic N) is 1. The molecule has 1 atom stereocenters. The van der Waals surface area contributed by atoms with Crippen molar-refractivity contribution >= 4 is 38.6 Å². The van der Waals surface area contributed by atoms with Gasteiger partial charge in [-0.25, -0.2) is 9.78 Å². The Labute approximate surface area is 201 Å². The van der Waals surface area contributed by atoms with E-state index in [9.17, 15) is 9.59 Å². The molecule has 0 radical (unpaired) electrons. The van der Waals surface area contributed by atoms with Crippen molar-refractivity contribution in [2.45, 2.75) is 32.8 Å². The molecule has 0 aliphatic rings. The third-order valence-electron chi connectivity index (χ3n) is 5.51. The average molecular weight is 502 g/mol. The fourth-order valence-electron chi connectivity index (χ4n) is 3.87. The summed E-state index contributed by atoms with van der Waals surface area (Å²) in [5.74, 6) is -0.718. The maximum absolute atomic E-state index is 13.5. The van der Waals surface area contributed by atoms with Crippen molar-refractivity contribution in [1.82, 2.24) is 4.98 Å². The van der Waals surface area contributed by atoms with Crippen LogP contribution in [0.15, 0.2) is 83.3 Å². The van der Waals surface area contributed by atoms with Crippen LogP contribution in [0.25, 0.3) is 22.2 Å². The Morgan fingerprint density at radius 2 is 1.64 bits per heavy atom. The Bertz CT molecular complexity index is 1300. The van der Waals surface area contributed by atoms with Crippen molar-refractivity contribution < 1.29 is 14.3 Å². The Kier molecular flexibility index (Phi) is 6.99. The van der Waals surface area contributed by atoms with Crippen LogP contribution in [0.2, 0.25) is 0 Å². The highest BCUT2D eigenvalue weighted by molar-refractivity contribution is 9.10. The van der Waals surface area contributed by atoms with Gasteiger partial charge in [0, 0.05) is 21.0 Å². The molecular weight excluding hydrogens is 478 g/mol. The lowest BCUT2D eigenvalue weighted by Crippen LogP contribution is -2.27. The lowest BCUT2D eigenvalue weighted by molar-refractivity contribution is 0.0268. The van der Waals surface area contributed by atoms with Crippen LogP contribution in [-0.4, -0.2) is 22.8 Å². The molecule has 4 nitrogen and oxygen atoms in total. The van der Waals surface area contributed by atoms with Crippen LogP contribution in [-0.2, 0) is 4.74 Å². The second-order valence-corrected chi connectivity index (χ2v) is 8.87. The first-order valence-corrected chi connectivity index (χ1v) is 11.7. The highest BCUT2D eigenvalue weighted by Gasteiger charge is 2.26. The Morgan fingerprint density at radius 3 is 2.30 bits per heavy atom. The van der Waals surface area contributed by atoms with E-state index >= 15 is 0 Å². The SMILES string of the molecule is CCCC(OC(=O)c1cc(-c2ccccc2)nc2c(C)cc(Br)cc12)C(=O)c1ccccc1. The highest BCUT2D eigenvalue weighted by Crippen LogP contribution is 2.30. The second-order valence-electron chi connectivity index (χ2n) is 7.95. The molecule has 166 valence electrons. The number of Topliss-reactive ketones (excluding diaryl/α,β-unsaturated/α-hetero) is 1. The van der Waals surface area contributed by atoms with E-state index in [4.69, 9.17) is 9.72 Å². The summed E-state index contributed by atoms with van der Waals surface area (Å²) in [7, 11) is 0. The van der Waals surface area contributed by atoms with Gasteiger partial charge in [-0.2, -0.15) is 0 Å². The molecule has 0 N–H and O–H groups in total. The molecule has 1 aromatic heterocycles. The number of carbonyl (C=O) groups excluding carboxylic acids is 2. The second kappa shape index (κ2) is 10.1. The van der Waals surface area contributed by atoms with Crippen molar-refractivity contribution in [2.75, 3.05) is 0 Å². The van der Waals surface area contributed by atoms with Crippen molar-refractivity contribution in [3.63, 3.8) is 0 Å². The van der Waals surface area contributed by atoms with Crippen molar-refractivity contribution in [1.29, 1.82) is 0 Å². The number of aryl methyl sites for hydroxylation is 1. The molecule has 4 rings (SSSR count).